The fraction of sp³-hybridized carbons (Fsp3) is 0.188. The highest BCUT2D eigenvalue weighted by molar-refractivity contribution is 6.33. The van der Waals surface area contributed by atoms with Crippen molar-refractivity contribution >= 4 is 17.6 Å². The smallest absolute Gasteiger partial charge is 0.465 e. The molecule has 0 aliphatic rings. The van der Waals surface area contributed by atoms with E-state index in [0.717, 1.165) is 13.2 Å². The predicted molar refractivity (Wildman–Crippen MR) is 85.8 cm³/mol. The Balaban J connectivity index is 2.36. The summed E-state index contributed by atoms with van der Waals surface area (Å²) in [6, 6.07) is 3.31. The third kappa shape index (κ3) is 3.60. The van der Waals surface area contributed by atoms with Crippen molar-refractivity contribution in [2.45, 2.75) is 12.5 Å². The lowest BCUT2D eigenvalue weighted by Crippen LogP contribution is -2.25. The minimum absolute atomic E-state index is 0.190. The molecule has 0 radical (unpaired) electrons. The number of ether oxygens (including phenoxy) is 1. The molecule has 1 aromatic carbocycles. The number of hydrogen-bond donors (Lipinski definition) is 0. The molecule has 0 unspecified atom stereocenters. The Hall–Kier alpha value is -3.09. The number of carbonyl (C=O) groups is 1. The molecule has 0 saturated carbocycles. The topological polar surface area (TPSA) is 70.2 Å². The Labute approximate surface area is 166 Å². The molecule has 0 fully saturated rings. The number of nitrogens with zero attached hydrogens (tertiary/aromatic N) is 3. The summed E-state index contributed by atoms with van der Waals surface area (Å²) < 4.78 is 101. The number of benzene rings is 1. The first kappa shape index (κ1) is 21.6. The zero-order valence-corrected chi connectivity index (χ0v) is 15.2. The minimum Gasteiger partial charge on any atom is -0.465 e. The van der Waals surface area contributed by atoms with Crippen LogP contribution < -0.4 is 0 Å². The van der Waals surface area contributed by atoms with Crippen LogP contribution in [-0.2, 0) is 17.2 Å². The van der Waals surface area contributed by atoms with Gasteiger partial charge in [-0.3, -0.25) is 0 Å². The lowest BCUT2D eigenvalue weighted by atomic mass is 10.0. The highest BCUT2D eigenvalue weighted by Gasteiger charge is 2.48. The van der Waals surface area contributed by atoms with E-state index >= 15 is 0 Å². The van der Waals surface area contributed by atoms with E-state index in [0.29, 0.717) is 0 Å². The molecule has 0 N–H and O–H groups in total. The largest absolute Gasteiger partial charge is 0.505 e. The van der Waals surface area contributed by atoms with Gasteiger partial charge < -0.3 is 9.26 Å². The SMILES string of the molecule is COC(=O)c1c(-c2c(F)cccc2Cl)noc1-c1cnn(C(F)(F)F)c1C(F)(F)F. The fourth-order valence-corrected chi connectivity index (χ4v) is 2.89. The van der Waals surface area contributed by atoms with Gasteiger partial charge in [0.05, 0.1) is 29.5 Å². The molecule has 2 aromatic heterocycles. The van der Waals surface area contributed by atoms with Crippen LogP contribution in [0.25, 0.3) is 22.6 Å². The normalized spacial score (nSPS) is 12.3. The van der Waals surface area contributed by atoms with E-state index in [1.54, 1.807) is 0 Å². The van der Waals surface area contributed by atoms with E-state index in [2.05, 4.69) is 15.0 Å². The minimum atomic E-state index is -5.56. The molecule has 0 amide bonds. The van der Waals surface area contributed by atoms with Gasteiger partial charge in [0, 0.05) is 0 Å². The van der Waals surface area contributed by atoms with Gasteiger partial charge in [0.15, 0.2) is 11.5 Å². The van der Waals surface area contributed by atoms with Gasteiger partial charge in [0.25, 0.3) is 0 Å². The molecule has 30 heavy (non-hydrogen) atoms. The second-order valence-electron chi connectivity index (χ2n) is 5.61. The molecule has 0 spiro atoms. The zero-order chi connectivity index (χ0) is 22.4. The molecule has 3 aromatic rings. The maximum Gasteiger partial charge on any atom is 0.505 e. The number of esters is 1. The monoisotopic (exact) mass is 457 g/mol. The van der Waals surface area contributed by atoms with Crippen molar-refractivity contribution in [3.63, 3.8) is 0 Å². The quantitative estimate of drug-likeness (QED) is 0.395. The molecule has 160 valence electrons. The Morgan fingerprint density at radius 2 is 1.87 bits per heavy atom. The summed E-state index contributed by atoms with van der Waals surface area (Å²) in [6.07, 6.45) is -10.9. The lowest BCUT2D eigenvalue weighted by Gasteiger charge is -2.14. The fourth-order valence-electron chi connectivity index (χ4n) is 2.64. The molecule has 0 aliphatic heterocycles. The standard InChI is InChI=1S/C16H7ClF7N3O3/c1-29-14(28)10-11(9-7(17)3-2-4-8(9)18)26-30-12(10)6-5-25-27(16(22,23)24)13(6)15(19,20)21/h2-5H,1H3. The Morgan fingerprint density at radius 3 is 2.40 bits per heavy atom. The summed E-state index contributed by atoms with van der Waals surface area (Å²) in [6.45, 7) is 0. The number of alkyl halides is 6. The summed E-state index contributed by atoms with van der Waals surface area (Å²) in [7, 11) is 0.843. The molecule has 0 atom stereocenters. The predicted octanol–water partition coefficient (Wildman–Crippen LogP) is 5.28. The Kier molecular flexibility index (Phi) is 5.26. The number of aromatic nitrogens is 3. The highest BCUT2D eigenvalue weighted by Crippen LogP contribution is 2.44. The molecule has 6 nitrogen and oxygen atoms in total. The van der Waals surface area contributed by atoms with E-state index in [1.165, 1.54) is 12.1 Å². The van der Waals surface area contributed by atoms with Crippen LogP contribution in [0.3, 0.4) is 0 Å². The maximum atomic E-state index is 14.3. The van der Waals surface area contributed by atoms with Gasteiger partial charge in [-0.15, -0.1) is 13.2 Å². The Morgan fingerprint density at radius 1 is 1.20 bits per heavy atom. The molecule has 3 rings (SSSR count). The van der Waals surface area contributed by atoms with Crippen LogP contribution in [0.4, 0.5) is 30.7 Å². The van der Waals surface area contributed by atoms with Gasteiger partial charge in [0.1, 0.15) is 17.1 Å². The number of carbonyl (C=O) groups excluding carboxylic acids is 1. The summed E-state index contributed by atoms with van der Waals surface area (Å²) in [4.78, 5) is 12.2. The van der Waals surface area contributed by atoms with Gasteiger partial charge >= 0.3 is 18.4 Å². The molecular weight excluding hydrogens is 451 g/mol. The van der Waals surface area contributed by atoms with E-state index < -0.39 is 62.8 Å². The van der Waals surface area contributed by atoms with Crippen LogP contribution in [0.2, 0.25) is 5.02 Å². The first-order chi connectivity index (χ1) is 13.9. The van der Waals surface area contributed by atoms with E-state index in [-0.39, 0.29) is 11.2 Å². The molecule has 14 heteroatoms. The summed E-state index contributed by atoms with van der Waals surface area (Å²) >= 11 is 5.89. The van der Waals surface area contributed by atoms with Crippen molar-refractivity contribution in [3.05, 3.63) is 46.5 Å². The second kappa shape index (κ2) is 7.31. The molecular formula is C16H7ClF7N3O3. The van der Waals surface area contributed by atoms with Crippen molar-refractivity contribution in [1.29, 1.82) is 0 Å². The lowest BCUT2D eigenvalue weighted by molar-refractivity contribution is -0.229. The number of methoxy groups -OCH3 is 1. The van der Waals surface area contributed by atoms with Gasteiger partial charge in [-0.1, -0.05) is 22.8 Å². The van der Waals surface area contributed by atoms with Crippen LogP contribution in [0, 0.1) is 5.82 Å². The third-order valence-electron chi connectivity index (χ3n) is 3.80. The number of rotatable bonds is 3. The van der Waals surface area contributed by atoms with Crippen LogP contribution in [0.5, 0.6) is 0 Å². The average molecular weight is 458 g/mol. The van der Waals surface area contributed by atoms with Gasteiger partial charge in [-0.25, -0.2) is 9.18 Å². The third-order valence-corrected chi connectivity index (χ3v) is 4.12. The van der Waals surface area contributed by atoms with Crippen LogP contribution >= 0.6 is 11.6 Å². The van der Waals surface area contributed by atoms with Crippen LogP contribution in [0.1, 0.15) is 16.1 Å². The van der Waals surface area contributed by atoms with Crippen molar-refractivity contribution in [3.8, 4) is 22.6 Å². The maximum absolute atomic E-state index is 14.3. The molecule has 0 bridgehead atoms. The van der Waals surface area contributed by atoms with Crippen LogP contribution in [0.15, 0.2) is 28.9 Å². The summed E-state index contributed by atoms with van der Waals surface area (Å²) in [5.41, 5.74) is -5.58. The average Bonchev–Trinajstić information content (AvgIpc) is 3.24. The second-order valence-corrected chi connectivity index (χ2v) is 6.01. The van der Waals surface area contributed by atoms with E-state index in [4.69, 9.17) is 16.1 Å². The van der Waals surface area contributed by atoms with Crippen molar-refractivity contribution < 1.29 is 44.8 Å². The van der Waals surface area contributed by atoms with Crippen molar-refractivity contribution in [2.75, 3.05) is 7.11 Å². The highest BCUT2D eigenvalue weighted by atomic mass is 35.5. The Bertz CT molecular complexity index is 1100. The molecule has 0 saturated heterocycles. The molecule has 2 heterocycles. The van der Waals surface area contributed by atoms with Crippen LogP contribution in [-0.4, -0.2) is 28.0 Å². The molecule has 0 aliphatic carbocycles. The first-order valence-electron chi connectivity index (χ1n) is 7.63. The zero-order valence-electron chi connectivity index (χ0n) is 14.4. The van der Waals surface area contributed by atoms with Gasteiger partial charge in [0.2, 0.25) is 0 Å². The number of hydrogen-bond acceptors (Lipinski definition) is 5. The van der Waals surface area contributed by atoms with E-state index in [1.807, 2.05) is 0 Å². The number of halogens is 8. The summed E-state index contributed by atoms with van der Waals surface area (Å²) in [5, 5.41) is 5.78. The van der Waals surface area contributed by atoms with Crippen molar-refractivity contribution in [1.82, 2.24) is 14.9 Å². The van der Waals surface area contributed by atoms with Gasteiger partial charge in [-0.2, -0.15) is 23.0 Å². The first-order valence-corrected chi connectivity index (χ1v) is 8.00. The summed E-state index contributed by atoms with van der Waals surface area (Å²) in [5.74, 6) is -3.43. The van der Waals surface area contributed by atoms with E-state index in [9.17, 15) is 35.5 Å². The van der Waals surface area contributed by atoms with Crippen molar-refractivity contribution in [2.24, 2.45) is 0 Å². The van der Waals surface area contributed by atoms with Gasteiger partial charge in [-0.05, 0) is 12.1 Å².